The Bertz CT molecular complexity index is 189. The molecule has 0 radical (unpaired) electrons. The second-order valence-corrected chi connectivity index (χ2v) is 3.89. The lowest BCUT2D eigenvalue weighted by Gasteiger charge is -2.14. The summed E-state index contributed by atoms with van der Waals surface area (Å²) in [5.41, 5.74) is 0. The van der Waals surface area contributed by atoms with Crippen LogP contribution in [-0.2, 0) is 4.74 Å². The molecule has 0 saturated heterocycles. The Labute approximate surface area is 75.1 Å². The van der Waals surface area contributed by atoms with Crippen LogP contribution in [0, 0.1) is 11.8 Å². The first-order valence-electron chi connectivity index (χ1n) is 4.69. The monoisotopic (exact) mass is 166 g/mol. The summed E-state index contributed by atoms with van der Waals surface area (Å²) in [6.07, 6.45) is 7.60. The van der Waals surface area contributed by atoms with E-state index in [2.05, 4.69) is 39.0 Å². The summed E-state index contributed by atoms with van der Waals surface area (Å²) in [7, 11) is 0. The van der Waals surface area contributed by atoms with Crippen molar-refractivity contribution in [1.82, 2.24) is 0 Å². The van der Waals surface area contributed by atoms with Crippen LogP contribution in [0.1, 0.15) is 27.2 Å². The Morgan fingerprint density at radius 3 is 2.92 bits per heavy atom. The minimum atomic E-state index is 0.608. The van der Waals surface area contributed by atoms with Gasteiger partial charge in [0.1, 0.15) is 5.76 Å². The highest BCUT2D eigenvalue weighted by Crippen LogP contribution is 2.17. The third-order valence-electron chi connectivity index (χ3n) is 1.82. The summed E-state index contributed by atoms with van der Waals surface area (Å²) < 4.78 is 5.59. The molecule has 1 rings (SSSR count). The summed E-state index contributed by atoms with van der Waals surface area (Å²) in [4.78, 5) is 0. The van der Waals surface area contributed by atoms with Crippen LogP contribution in [-0.4, -0.2) is 6.61 Å². The van der Waals surface area contributed by atoms with E-state index in [9.17, 15) is 0 Å². The zero-order chi connectivity index (χ0) is 8.97. The molecule has 1 atom stereocenters. The summed E-state index contributed by atoms with van der Waals surface area (Å²) in [6.45, 7) is 7.36. The summed E-state index contributed by atoms with van der Waals surface area (Å²) in [6, 6.07) is 0. The molecule has 68 valence electrons. The van der Waals surface area contributed by atoms with Gasteiger partial charge in [-0.3, -0.25) is 0 Å². The molecule has 0 fully saturated rings. The van der Waals surface area contributed by atoms with Crippen LogP contribution in [0.15, 0.2) is 24.0 Å². The van der Waals surface area contributed by atoms with Gasteiger partial charge in [0.15, 0.2) is 0 Å². The van der Waals surface area contributed by atoms with E-state index >= 15 is 0 Å². The van der Waals surface area contributed by atoms with Crippen LogP contribution < -0.4 is 0 Å². The van der Waals surface area contributed by atoms with E-state index < -0.39 is 0 Å². The number of hydrogen-bond donors (Lipinski definition) is 0. The van der Waals surface area contributed by atoms with Crippen molar-refractivity contribution in [2.75, 3.05) is 6.61 Å². The molecule has 0 N–H and O–H groups in total. The van der Waals surface area contributed by atoms with Crippen molar-refractivity contribution in [3.05, 3.63) is 24.0 Å². The molecule has 0 aliphatic heterocycles. The van der Waals surface area contributed by atoms with Crippen molar-refractivity contribution in [1.29, 1.82) is 0 Å². The molecule has 0 spiro atoms. The highest BCUT2D eigenvalue weighted by Gasteiger charge is 2.05. The molecule has 0 aromatic rings. The van der Waals surface area contributed by atoms with Gasteiger partial charge in [-0.05, 0) is 30.4 Å². The van der Waals surface area contributed by atoms with Gasteiger partial charge in [0.2, 0.25) is 0 Å². The van der Waals surface area contributed by atoms with Gasteiger partial charge in [0.05, 0.1) is 6.61 Å². The topological polar surface area (TPSA) is 9.23 Å². The first-order valence-corrected chi connectivity index (χ1v) is 4.69. The second kappa shape index (κ2) is 4.34. The lowest BCUT2D eigenvalue weighted by atomic mass is 10.0. The minimum Gasteiger partial charge on any atom is -0.494 e. The van der Waals surface area contributed by atoms with Crippen molar-refractivity contribution >= 4 is 0 Å². The lowest BCUT2D eigenvalue weighted by molar-refractivity contribution is 0.186. The minimum absolute atomic E-state index is 0.608. The quantitative estimate of drug-likeness (QED) is 0.626. The third-order valence-corrected chi connectivity index (χ3v) is 1.82. The number of allylic oxidation sites excluding steroid dienone is 3. The van der Waals surface area contributed by atoms with E-state index in [4.69, 9.17) is 4.74 Å². The van der Waals surface area contributed by atoms with Crippen molar-refractivity contribution < 1.29 is 4.74 Å². The molecule has 0 unspecified atom stereocenters. The van der Waals surface area contributed by atoms with Crippen LogP contribution in [0.5, 0.6) is 0 Å². The van der Waals surface area contributed by atoms with Gasteiger partial charge in [-0.2, -0.15) is 0 Å². The standard InChI is InChI=1S/C11H18O/c1-9(2)8-12-11-6-4-5-10(3)7-11/h4,6-7,9-10H,5,8H2,1-3H3/t10-/m1/s1. The van der Waals surface area contributed by atoms with Crippen molar-refractivity contribution in [2.45, 2.75) is 27.2 Å². The molecule has 1 heteroatoms. The van der Waals surface area contributed by atoms with E-state index in [0.29, 0.717) is 11.8 Å². The Kier molecular flexibility index (Phi) is 3.39. The van der Waals surface area contributed by atoms with Gasteiger partial charge in [-0.1, -0.05) is 26.8 Å². The van der Waals surface area contributed by atoms with Crippen LogP contribution in [0.25, 0.3) is 0 Å². The largest absolute Gasteiger partial charge is 0.494 e. The average molecular weight is 166 g/mol. The molecular weight excluding hydrogens is 148 g/mol. The van der Waals surface area contributed by atoms with Crippen LogP contribution in [0.3, 0.4) is 0 Å². The highest BCUT2D eigenvalue weighted by molar-refractivity contribution is 5.17. The molecule has 0 amide bonds. The van der Waals surface area contributed by atoms with E-state index in [1.54, 1.807) is 0 Å². The Balaban J connectivity index is 2.36. The highest BCUT2D eigenvalue weighted by atomic mass is 16.5. The first-order chi connectivity index (χ1) is 5.68. The molecule has 1 nitrogen and oxygen atoms in total. The smallest absolute Gasteiger partial charge is 0.115 e. The fourth-order valence-corrected chi connectivity index (χ4v) is 1.16. The normalized spacial score (nSPS) is 22.7. The summed E-state index contributed by atoms with van der Waals surface area (Å²) >= 11 is 0. The molecule has 1 aliphatic rings. The van der Waals surface area contributed by atoms with Crippen molar-refractivity contribution in [3.8, 4) is 0 Å². The zero-order valence-electron chi connectivity index (χ0n) is 8.21. The second-order valence-electron chi connectivity index (χ2n) is 3.89. The van der Waals surface area contributed by atoms with Gasteiger partial charge in [0, 0.05) is 0 Å². The SMILES string of the molecule is CC(C)COC1=C[C@H](C)CC=C1. The van der Waals surface area contributed by atoms with Crippen LogP contribution in [0.4, 0.5) is 0 Å². The zero-order valence-corrected chi connectivity index (χ0v) is 8.21. The van der Waals surface area contributed by atoms with E-state index in [0.717, 1.165) is 18.8 Å². The van der Waals surface area contributed by atoms with Crippen molar-refractivity contribution in [3.63, 3.8) is 0 Å². The summed E-state index contributed by atoms with van der Waals surface area (Å²) in [5, 5.41) is 0. The van der Waals surface area contributed by atoms with E-state index in [1.807, 2.05) is 0 Å². The molecule has 0 saturated carbocycles. The predicted octanol–water partition coefficient (Wildman–Crippen LogP) is 3.14. The molecule has 0 bridgehead atoms. The Morgan fingerprint density at radius 2 is 2.33 bits per heavy atom. The maximum Gasteiger partial charge on any atom is 0.115 e. The molecule has 0 heterocycles. The van der Waals surface area contributed by atoms with E-state index in [1.165, 1.54) is 0 Å². The number of ether oxygens (including phenoxy) is 1. The van der Waals surface area contributed by atoms with Crippen LogP contribution >= 0.6 is 0 Å². The third kappa shape index (κ3) is 3.12. The maximum atomic E-state index is 5.59. The van der Waals surface area contributed by atoms with Gasteiger partial charge in [-0.15, -0.1) is 0 Å². The fraction of sp³-hybridized carbons (Fsp3) is 0.636. The number of rotatable bonds is 3. The van der Waals surface area contributed by atoms with E-state index in [-0.39, 0.29) is 0 Å². The van der Waals surface area contributed by atoms with Gasteiger partial charge >= 0.3 is 0 Å². The van der Waals surface area contributed by atoms with Crippen molar-refractivity contribution in [2.24, 2.45) is 11.8 Å². The molecule has 0 aromatic heterocycles. The Morgan fingerprint density at radius 1 is 1.58 bits per heavy atom. The lowest BCUT2D eigenvalue weighted by Crippen LogP contribution is -2.04. The molecule has 1 aliphatic carbocycles. The molecule has 0 aromatic carbocycles. The fourth-order valence-electron chi connectivity index (χ4n) is 1.16. The van der Waals surface area contributed by atoms with Gasteiger partial charge < -0.3 is 4.74 Å². The summed E-state index contributed by atoms with van der Waals surface area (Å²) in [5.74, 6) is 2.29. The first kappa shape index (κ1) is 9.37. The van der Waals surface area contributed by atoms with Crippen LogP contribution in [0.2, 0.25) is 0 Å². The number of hydrogen-bond acceptors (Lipinski definition) is 1. The van der Waals surface area contributed by atoms with Gasteiger partial charge in [-0.25, -0.2) is 0 Å². The Hall–Kier alpha value is -0.720. The average Bonchev–Trinajstić information content (AvgIpc) is 2.01. The molecular formula is C11H18O. The maximum absolute atomic E-state index is 5.59. The van der Waals surface area contributed by atoms with Gasteiger partial charge in [0.25, 0.3) is 0 Å². The molecule has 12 heavy (non-hydrogen) atoms. The predicted molar refractivity (Wildman–Crippen MR) is 51.8 cm³/mol.